The van der Waals surface area contributed by atoms with Crippen LogP contribution in [0.15, 0.2) is 53.6 Å². The van der Waals surface area contributed by atoms with Gasteiger partial charge in [-0.15, -0.1) is 0 Å². The zero-order valence-electron chi connectivity index (χ0n) is 15.4. The molecule has 0 spiro atoms. The van der Waals surface area contributed by atoms with Gasteiger partial charge in [-0.1, -0.05) is 34.3 Å². The number of rotatable bonds is 7. The van der Waals surface area contributed by atoms with Crippen molar-refractivity contribution < 1.29 is 18.0 Å². The summed E-state index contributed by atoms with van der Waals surface area (Å²) in [5, 5.41) is 3.93. The summed E-state index contributed by atoms with van der Waals surface area (Å²) in [6.07, 6.45) is 2.56. The van der Waals surface area contributed by atoms with E-state index in [9.17, 15) is 13.2 Å². The minimum absolute atomic E-state index is 0.0132. The minimum atomic E-state index is -3.96. The third-order valence-electron chi connectivity index (χ3n) is 4.42. The first-order valence-corrected chi connectivity index (χ1v) is 10.3. The molecule has 1 heterocycles. The highest BCUT2D eigenvalue weighted by Crippen LogP contribution is 2.25. The fraction of sp³-hybridized carbons (Fsp3) is 0.211. The number of halogens is 1. The van der Waals surface area contributed by atoms with Gasteiger partial charge in [0, 0.05) is 36.3 Å². The Morgan fingerprint density at radius 1 is 1.25 bits per heavy atom. The van der Waals surface area contributed by atoms with E-state index in [1.807, 2.05) is 30.5 Å². The number of H-pyrrole nitrogens is 1. The maximum absolute atomic E-state index is 12.5. The molecule has 0 saturated carbocycles. The van der Waals surface area contributed by atoms with Crippen LogP contribution in [-0.2, 0) is 21.3 Å². The number of para-hydroxylation sites is 1. The highest BCUT2D eigenvalue weighted by molar-refractivity contribution is 7.89. The Morgan fingerprint density at radius 3 is 2.75 bits per heavy atom. The van der Waals surface area contributed by atoms with E-state index in [0.29, 0.717) is 17.4 Å². The highest BCUT2D eigenvalue weighted by Gasteiger charge is 2.25. The lowest BCUT2D eigenvalue weighted by molar-refractivity contribution is -0.0258. The fourth-order valence-electron chi connectivity index (χ4n) is 2.83. The van der Waals surface area contributed by atoms with Crippen molar-refractivity contribution >= 4 is 38.4 Å². The quantitative estimate of drug-likeness (QED) is 0.574. The van der Waals surface area contributed by atoms with Gasteiger partial charge in [0.2, 0.25) is 0 Å². The maximum atomic E-state index is 12.5. The van der Waals surface area contributed by atoms with Crippen molar-refractivity contribution in [3.8, 4) is 0 Å². The Labute approximate surface area is 168 Å². The van der Waals surface area contributed by atoms with Crippen LogP contribution >= 0.6 is 11.6 Å². The molecule has 9 heteroatoms. The van der Waals surface area contributed by atoms with E-state index in [4.69, 9.17) is 16.4 Å². The molecule has 28 heavy (non-hydrogen) atoms. The molecule has 0 aliphatic carbocycles. The van der Waals surface area contributed by atoms with E-state index in [2.05, 4.69) is 10.3 Å². The summed E-state index contributed by atoms with van der Waals surface area (Å²) in [6, 6.07) is 12.0. The number of sulfonamides is 1. The predicted octanol–water partition coefficient (Wildman–Crippen LogP) is 2.98. The second-order valence-electron chi connectivity index (χ2n) is 6.11. The number of benzene rings is 2. The first-order valence-electron chi connectivity index (χ1n) is 8.50. The molecule has 0 fully saturated rings. The lowest BCUT2D eigenvalue weighted by atomic mass is 10.1. The number of fused-ring (bicyclic) bond motifs is 1. The second kappa shape index (κ2) is 8.32. The lowest BCUT2D eigenvalue weighted by Gasteiger charge is -2.15. The number of nitrogens with zero attached hydrogens (tertiary/aromatic N) is 1. The second-order valence-corrected chi connectivity index (χ2v) is 8.42. The van der Waals surface area contributed by atoms with E-state index in [-0.39, 0.29) is 21.4 Å². The van der Waals surface area contributed by atoms with Gasteiger partial charge in [0.05, 0.1) is 12.1 Å². The number of hydroxylamine groups is 1. The summed E-state index contributed by atoms with van der Waals surface area (Å²) in [5.41, 5.74) is 2.34. The molecule has 0 aliphatic rings. The maximum Gasteiger partial charge on any atom is 0.266 e. The van der Waals surface area contributed by atoms with Crippen LogP contribution in [0.5, 0.6) is 0 Å². The number of nitrogens with one attached hydrogen (secondary N) is 2. The van der Waals surface area contributed by atoms with E-state index >= 15 is 0 Å². The fourth-order valence-corrected chi connectivity index (χ4v) is 4.30. The molecule has 3 rings (SSSR count). The van der Waals surface area contributed by atoms with Crippen LogP contribution < -0.4 is 5.32 Å². The minimum Gasteiger partial charge on any atom is -0.361 e. The van der Waals surface area contributed by atoms with Crippen molar-refractivity contribution in [3.63, 3.8) is 0 Å². The Morgan fingerprint density at radius 2 is 2.00 bits per heavy atom. The van der Waals surface area contributed by atoms with E-state index < -0.39 is 10.0 Å². The number of hydrogen-bond donors (Lipinski definition) is 2. The standard InChI is InChI=1S/C19H20ClN3O4S/c1-23(27-2)28(25,26)18-11-13(7-8-16(18)20)19(24)21-10-9-14-12-22-17-6-4-3-5-15(14)17/h3-8,11-12,22H,9-10H2,1-2H3,(H,21,24). The molecule has 0 atom stereocenters. The van der Waals surface area contributed by atoms with Crippen LogP contribution in [0.1, 0.15) is 15.9 Å². The van der Waals surface area contributed by atoms with Gasteiger partial charge in [-0.3, -0.25) is 9.63 Å². The van der Waals surface area contributed by atoms with Crippen LogP contribution in [0.3, 0.4) is 0 Å². The number of carbonyl (C=O) groups excluding carboxylic acids is 1. The van der Waals surface area contributed by atoms with Gasteiger partial charge in [-0.05, 0) is 36.2 Å². The van der Waals surface area contributed by atoms with Gasteiger partial charge in [-0.25, -0.2) is 8.42 Å². The molecule has 0 aliphatic heterocycles. The molecule has 0 unspecified atom stereocenters. The van der Waals surface area contributed by atoms with Crippen molar-refractivity contribution in [2.24, 2.45) is 0 Å². The molecule has 1 aromatic heterocycles. The number of aromatic amines is 1. The Hall–Kier alpha value is -2.39. The number of carbonyl (C=O) groups is 1. The van der Waals surface area contributed by atoms with Crippen molar-refractivity contribution in [2.45, 2.75) is 11.3 Å². The smallest absolute Gasteiger partial charge is 0.266 e. The summed E-state index contributed by atoms with van der Waals surface area (Å²) in [5.74, 6) is -0.381. The molecule has 2 N–H and O–H groups in total. The average Bonchev–Trinajstić information content (AvgIpc) is 3.10. The van der Waals surface area contributed by atoms with Crippen molar-refractivity contribution in [1.29, 1.82) is 0 Å². The van der Waals surface area contributed by atoms with Crippen LogP contribution in [0.25, 0.3) is 10.9 Å². The molecule has 1 amide bonds. The molecule has 0 radical (unpaired) electrons. The first kappa shape index (κ1) is 20.3. The van der Waals surface area contributed by atoms with Gasteiger partial charge >= 0.3 is 0 Å². The zero-order valence-corrected chi connectivity index (χ0v) is 17.0. The van der Waals surface area contributed by atoms with Gasteiger partial charge < -0.3 is 10.3 Å². The lowest BCUT2D eigenvalue weighted by Crippen LogP contribution is -2.28. The summed E-state index contributed by atoms with van der Waals surface area (Å²) >= 11 is 6.02. The largest absolute Gasteiger partial charge is 0.361 e. The van der Waals surface area contributed by atoms with Crippen molar-refractivity contribution in [1.82, 2.24) is 14.8 Å². The summed E-state index contributed by atoms with van der Waals surface area (Å²) < 4.78 is 25.6. The molecule has 0 saturated heterocycles. The molecule has 7 nitrogen and oxygen atoms in total. The predicted molar refractivity (Wildman–Crippen MR) is 108 cm³/mol. The number of amides is 1. The third-order valence-corrected chi connectivity index (χ3v) is 6.58. The molecular formula is C19H20ClN3O4S. The third kappa shape index (κ3) is 4.05. The first-order chi connectivity index (χ1) is 13.3. The Bertz CT molecular complexity index is 1110. The summed E-state index contributed by atoms with van der Waals surface area (Å²) in [6.45, 7) is 0.406. The van der Waals surface area contributed by atoms with Crippen LogP contribution in [0.2, 0.25) is 5.02 Å². The van der Waals surface area contributed by atoms with Crippen LogP contribution in [0, 0.1) is 0 Å². The summed E-state index contributed by atoms with van der Waals surface area (Å²) in [4.78, 5) is 20.2. The molecule has 3 aromatic rings. The van der Waals surface area contributed by atoms with Crippen molar-refractivity contribution in [3.05, 3.63) is 64.8 Å². The Balaban J connectivity index is 1.72. The van der Waals surface area contributed by atoms with Gasteiger partial charge in [0.1, 0.15) is 4.90 Å². The Kier molecular flexibility index (Phi) is 6.04. The molecule has 0 bridgehead atoms. The average molecular weight is 422 g/mol. The zero-order chi connectivity index (χ0) is 20.3. The number of hydrogen-bond acceptors (Lipinski definition) is 4. The SMILES string of the molecule is CON(C)S(=O)(=O)c1cc(C(=O)NCCc2c[nH]c3ccccc23)ccc1Cl. The van der Waals surface area contributed by atoms with Gasteiger partial charge in [0.15, 0.2) is 0 Å². The van der Waals surface area contributed by atoms with Gasteiger partial charge in [0.25, 0.3) is 15.9 Å². The molecule has 148 valence electrons. The topological polar surface area (TPSA) is 91.5 Å². The monoisotopic (exact) mass is 421 g/mol. The summed E-state index contributed by atoms with van der Waals surface area (Å²) in [7, 11) is -1.48. The molecular weight excluding hydrogens is 402 g/mol. The highest BCUT2D eigenvalue weighted by atomic mass is 35.5. The molecule has 2 aromatic carbocycles. The number of aromatic nitrogens is 1. The van der Waals surface area contributed by atoms with Crippen molar-refractivity contribution in [2.75, 3.05) is 20.7 Å². The van der Waals surface area contributed by atoms with E-state index in [1.54, 1.807) is 0 Å². The van der Waals surface area contributed by atoms with Crippen LogP contribution in [0.4, 0.5) is 0 Å². The van der Waals surface area contributed by atoms with E-state index in [1.165, 1.54) is 32.4 Å². The van der Waals surface area contributed by atoms with Crippen LogP contribution in [-0.4, -0.2) is 44.5 Å². The van der Waals surface area contributed by atoms with E-state index in [0.717, 1.165) is 16.5 Å². The normalized spacial score (nSPS) is 11.9. The van der Waals surface area contributed by atoms with Gasteiger partial charge in [-0.2, -0.15) is 0 Å².